The molecule has 0 amide bonds. The molecule has 3 aromatic rings. The molecule has 3 nitrogen and oxygen atoms in total. The quantitative estimate of drug-likeness (QED) is 0.780. The second-order valence-corrected chi connectivity index (χ2v) is 4.59. The van der Waals surface area contributed by atoms with Crippen LogP contribution in [0.5, 0.6) is 0 Å². The molecule has 1 aromatic heterocycles. The van der Waals surface area contributed by atoms with Gasteiger partial charge in [0, 0.05) is 18.0 Å². The molecule has 0 bridgehead atoms. The normalized spacial score (nSPS) is 12.8. The third kappa shape index (κ3) is 1.96. The monoisotopic (exact) mass is 274 g/mol. The number of aryl methyl sites for hydroxylation is 1. The van der Waals surface area contributed by atoms with E-state index in [9.17, 15) is 13.9 Å². The number of benzene rings is 2. The van der Waals surface area contributed by atoms with Gasteiger partial charge in [-0.05, 0) is 24.3 Å². The number of nitrogens with zero attached hydrogens (tertiary/aromatic N) is 2. The van der Waals surface area contributed by atoms with E-state index < -0.39 is 17.7 Å². The first-order chi connectivity index (χ1) is 9.58. The largest absolute Gasteiger partial charge is 0.382 e. The van der Waals surface area contributed by atoms with E-state index in [0.717, 1.165) is 23.7 Å². The molecule has 1 unspecified atom stereocenters. The van der Waals surface area contributed by atoms with Gasteiger partial charge in [-0.2, -0.15) is 5.10 Å². The fraction of sp³-hybridized carbons (Fsp3) is 0.133. The van der Waals surface area contributed by atoms with Crippen molar-refractivity contribution in [3.63, 3.8) is 0 Å². The van der Waals surface area contributed by atoms with Crippen LogP contribution in [0, 0.1) is 11.6 Å². The number of hydrogen-bond donors (Lipinski definition) is 1. The molecule has 0 radical (unpaired) electrons. The molecular formula is C15H12F2N2O. The third-order valence-electron chi connectivity index (χ3n) is 3.30. The molecule has 0 spiro atoms. The Kier molecular flexibility index (Phi) is 2.99. The van der Waals surface area contributed by atoms with Crippen LogP contribution >= 0.6 is 0 Å². The lowest BCUT2D eigenvalue weighted by Crippen LogP contribution is -2.05. The van der Waals surface area contributed by atoms with Gasteiger partial charge in [-0.15, -0.1) is 0 Å². The van der Waals surface area contributed by atoms with Gasteiger partial charge in [0.1, 0.15) is 23.4 Å². The Labute approximate surface area is 114 Å². The average molecular weight is 274 g/mol. The van der Waals surface area contributed by atoms with Crippen LogP contribution in [0.3, 0.4) is 0 Å². The average Bonchev–Trinajstić information content (AvgIpc) is 2.79. The van der Waals surface area contributed by atoms with E-state index in [1.807, 2.05) is 18.2 Å². The summed E-state index contributed by atoms with van der Waals surface area (Å²) >= 11 is 0. The van der Waals surface area contributed by atoms with Gasteiger partial charge in [-0.25, -0.2) is 8.78 Å². The minimum absolute atomic E-state index is 0.117. The summed E-state index contributed by atoms with van der Waals surface area (Å²) in [5.41, 5.74) is 1.01. The number of aromatic nitrogens is 2. The number of fused-ring (bicyclic) bond motifs is 1. The summed E-state index contributed by atoms with van der Waals surface area (Å²) in [6.07, 6.45) is -1.31. The number of hydrogen-bond acceptors (Lipinski definition) is 2. The Morgan fingerprint density at radius 2 is 1.90 bits per heavy atom. The van der Waals surface area contributed by atoms with Crippen molar-refractivity contribution >= 4 is 10.9 Å². The van der Waals surface area contributed by atoms with E-state index in [-0.39, 0.29) is 5.56 Å². The van der Waals surface area contributed by atoms with E-state index >= 15 is 0 Å². The molecule has 5 heteroatoms. The number of aliphatic hydroxyl groups excluding tert-OH is 1. The van der Waals surface area contributed by atoms with Crippen LogP contribution in [0.4, 0.5) is 8.78 Å². The Morgan fingerprint density at radius 3 is 2.70 bits per heavy atom. The summed E-state index contributed by atoms with van der Waals surface area (Å²) in [4.78, 5) is 0. The molecule has 0 fully saturated rings. The van der Waals surface area contributed by atoms with E-state index in [1.54, 1.807) is 17.8 Å². The van der Waals surface area contributed by atoms with Crippen molar-refractivity contribution in [3.8, 4) is 0 Å². The van der Waals surface area contributed by atoms with Gasteiger partial charge >= 0.3 is 0 Å². The van der Waals surface area contributed by atoms with Crippen LogP contribution in [0.25, 0.3) is 10.9 Å². The Hall–Kier alpha value is -2.27. The topological polar surface area (TPSA) is 38.0 Å². The van der Waals surface area contributed by atoms with Crippen LogP contribution < -0.4 is 0 Å². The SMILES string of the molecule is Cn1nc(C(O)c2cc(F)ccc2F)c2ccccc21. The van der Waals surface area contributed by atoms with Gasteiger partial charge in [0.25, 0.3) is 0 Å². The maximum atomic E-state index is 13.8. The smallest absolute Gasteiger partial charge is 0.129 e. The second kappa shape index (κ2) is 4.68. The highest BCUT2D eigenvalue weighted by Crippen LogP contribution is 2.29. The molecule has 1 N–H and O–H groups in total. The molecule has 3 rings (SSSR count). The number of rotatable bonds is 2. The molecule has 0 saturated heterocycles. The lowest BCUT2D eigenvalue weighted by molar-refractivity contribution is 0.210. The standard InChI is InChI=1S/C15H12F2N2O/c1-19-13-5-3-2-4-10(13)14(18-19)15(20)11-8-9(16)6-7-12(11)17/h2-8,15,20H,1H3. The maximum absolute atomic E-state index is 13.8. The first-order valence-corrected chi connectivity index (χ1v) is 6.12. The van der Waals surface area contributed by atoms with Gasteiger partial charge in [0.2, 0.25) is 0 Å². The number of aliphatic hydroxyl groups is 1. The molecule has 0 aliphatic rings. The molecule has 0 saturated carbocycles. The minimum Gasteiger partial charge on any atom is -0.382 e. The second-order valence-electron chi connectivity index (χ2n) is 4.59. The summed E-state index contributed by atoms with van der Waals surface area (Å²) in [5.74, 6) is -1.26. The summed E-state index contributed by atoms with van der Waals surface area (Å²) in [5, 5.41) is 15.3. The van der Waals surface area contributed by atoms with Crippen LogP contribution in [0.1, 0.15) is 17.4 Å². The summed E-state index contributed by atoms with van der Waals surface area (Å²) in [6.45, 7) is 0. The molecule has 102 valence electrons. The Balaban J connectivity index is 2.18. The van der Waals surface area contributed by atoms with Crippen molar-refractivity contribution in [1.29, 1.82) is 0 Å². The molecule has 20 heavy (non-hydrogen) atoms. The van der Waals surface area contributed by atoms with Gasteiger partial charge in [-0.1, -0.05) is 18.2 Å². The highest BCUT2D eigenvalue weighted by molar-refractivity contribution is 5.82. The first-order valence-electron chi connectivity index (χ1n) is 6.12. The lowest BCUT2D eigenvalue weighted by Gasteiger charge is -2.10. The van der Waals surface area contributed by atoms with Crippen LogP contribution in [-0.4, -0.2) is 14.9 Å². The number of para-hydroxylation sites is 1. The summed E-state index contributed by atoms with van der Waals surface area (Å²) < 4.78 is 28.6. The van der Waals surface area contributed by atoms with Crippen molar-refractivity contribution in [2.24, 2.45) is 7.05 Å². The van der Waals surface area contributed by atoms with E-state index in [0.29, 0.717) is 11.1 Å². The summed E-state index contributed by atoms with van der Waals surface area (Å²) in [7, 11) is 1.74. The molecule has 1 heterocycles. The van der Waals surface area contributed by atoms with Crippen molar-refractivity contribution in [1.82, 2.24) is 9.78 Å². The highest BCUT2D eigenvalue weighted by Gasteiger charge is 2.21. The molecule has 0 aliphatic heterocycles. The van der Waals surface area contributed by atoms with Gasteiger partial charge < -0.3 is 5.11 Å². The van der Waals surface area contributed by atoms with Gasteiger partial charge in [0.15, 0.2) is 0 Å². The van der Waals surface area contributed by atoms with Gasteiger partial charge in [-0.3, -0.25) is 4.68 Å². The Morgan fingerprint density at radius 1 is 1.15 bits per heavy atom. The highest BCUT2D eigenvalue weighted by atomic mass is 19.1. The third-order valence-corrected chi connectivity index (χ3v) is 3.30. The van der Waals surface area contributed by atoms with Crippen molar-refractivity contribution < 1.29 is 13.9 Å². The zero-order chi connectivity index (χ0) is 14.3. The van der Waals surface area contributed by atoms with E-state index in [4.69, 9.17) is 0 Å². The van der Waals surface area contributed by atoms with Crippen LogP contribution in [0.2, 0.25) is 0 Å². The van der Waals surface area contributed by atoms with E-state index in [2.05, 4.69) is 5.10 Å². The van der Waals surface area contributed by atoms with Crippen LogP contribution in [-0.2, 0) is 7.05 Å². The Bertz CT molecular complexity index is 783. The lowest BCUT2D eigenvalue weighted by atomic mass is 10.0. The predicted molar refractivity (Wildman–Crippen MR) is 71.1 cm³/mol. The van der Waals surface area contributed by atoms with Crippen molar-refractivity contribution in [2.45, 2.75) is 6.10 Å². The van der Waals surface area contributed by atoms with E-state index in [1.165, 1.54) is 0 Å². The maximum Gasteiger partial charge on any atom is 0.129 e. The molecule has 2 aromatic carbocycles. The molecule has 0 aliphatic carbocycles. The molecule has 1 atom stereocenters. The van der Waals surface area contributed by atoms with Crippen molar-refractivity contribution in [3.05, 3.63) is 65.4 Å². The van der Waals surface area contributed by atoms with Crippen LogP contribution in [0.15, 0.2) is 42.5 Å². The fourth-order valence-corrected chi connectivity index (χ4v) is 2.32. The zero-order valence-electron chi connectivity index (χ0n) is 10.7. The predicted octanol–water partition coefficient (Wildman–Crippen LogP) is 2.93. The molecular weight excluding hydrogens is 262 g/mol. The number of halogens is 2. The first kappa shape index (κ1) is 12.7. The fourth-order valence-electron chi connectivity index (χ4n) is 2.32. The zero-order valence-corrected chi connectivity index (χ0v) is 10.7. The summed E-state index contributed by atoms with van der Waals surface area (Å²) in [6, 6.07) is 10.3. The van der Waals surface area contributed by atoms with Crippen molar-refractivity contribution in [2.75, 3.05) is 0 Å². The minimum atomic E-state index is -1.31. The van der Waals surface area contributed by atoms with Gasteiger partial charge in [0.05, 0.1) is 5.52 Å².